The van der Waals surface area contributed by atoms with Crippen LogP contribution in [0.2, 0.25) is 0 Å². The van der Waals surface area contributed by atoms with E-state index in [4.69, 9.17) is 0 Å². The highest BCUT2D eigenvalue weighted by Gasteiger charge is 2.33. The predicted octanol–water partition coefficient (Wildman–Crippen LogP) is 1.31. The normalized spacial score (nSPS) is 23.2. The average molecular weight is 380 g/mol. The van der Waals surface area contributed by atoms with Crippen molar-refractivity contribution in [3.8, 4) is 0 Å². The molecule has 7 heteroatoms. The molecule has 2 aliphatic heterocycles. The van der Waals surface area contributed by atoms with Crippen LogP contribution in [0.25, 0.3) is 0 Å². The number of amides is 1. The van der Waals surface area contributed by atoms with Crippen LogP contribution < -0.4 is 0 Å². The molecule has 2 aliphatic rings. The molecule has 3 rings (SSSR count). The molecule has 0 saturated carbocycles. The zero-order chi connectivity index (χ0) is 18.7. The van der Waals surface area contributed by atoms with Gasteiger partial charge in [0, 0.05) is 45.8 Å². The molecule has 26 heavy (non-hydrogen) atoms. The molecule has 0 radical (unpaired) electrons. The second-order valence-electron chi connectivity index (χ2n) is 7.55. The van der Waals surface area contributed by atoms with E-state index >= 15 is 0 Å². The van der Waals surface area contributed by atoms with E-state index in [9.17, 15) is 13.2 Å². The number of aryl methyl sites for hydroxylation is 1. The Morgan fingerprint density at radius 2 is 1.73 bits per heavy atom. The maximum absolute atomic E-state index is 12.8. The Bertz CT molecular complexity index is 725. The SMILES string of the molecule is Cc1ccc(CN2CCN(C(=O)C3CCCN(S(C)(=O)=O)C3)CC2)cc1. The van der Waals surface area contributed by atoms with E-state index < -0.39 is 10.0 Å². The molecule has 0 spiro atoms. The van der Waals surface area contributed by atoms with Crippen LogP contribution in [0.3, 0.4) is 0 Å². The molecule has 6 nitrogen and oxygen atoms in total. The van der Waals surface area contributed by atoms with E-state index in [0.29, 0.717) is 13.1 Å². The summed E-state index contributed by atoms with van der Waals surface area (Å²) in [5.41, 5.74) is 2.56. The number of piperidine rings is 1. The lowest BCUT2D eigenvalue weighted by Gasteiger charge is -2.38. The van der Waals surface area contributed by atoms with Crippen molar-refractivity contribution < 1.29 is 13.2 Å². The van der Waals surface area contributed by atoms with Gasteiger partial charge in [0.25, 0.3) is 0 Å². The summed E-state index contributed by atoms with van der Waals surface area (Å²) >= 11 is 0. The van der Waals surface area contributed by atoms with Gasteiger partial charge in [-0.3, -0.25) is 9.69 Å². The van der Waals surface area contributed by atoms with Crippen molar-refractivity contribution in [2.45, 2.75) is 26.3 Å². The molecule has 2 saturated heterocycles. The molecule has 144 valence electrons. The van der Waals surface area contributed by atoms with Crippen molar-refractivity contribution >= 4 is 15.9 Å². The monoisotopic (exact) mass is 379 g/mol. The van der Waals surface area contributed by atoms with Gasteiger partial charge < -0.3 is 4.90 Å². The molecule has 1 aromatic rings. The highest BCUT2D eigenvalue weighted by atomic mass is 32.2. The number of hydrogen-bond donors (Lipinski definition) is 0. The van der Waals surface area contributed by atoms with Gasteiger partial charge in [-0.05, 0) is 25.3 Å². The predicted molar refractivity (Wildman–Crippen MR) is 102 cm³/mol. The van der Waals surface area contributed by atoms with Gasteiger partial charge in [-0.1, -0.05) is 29.8 Å². The average Bonchev–Trinajstić information content (AvgIpc) is 2.63. The largest absolute Gasteiger partial charge is 0.340 e. The maximum Gasteiger partial charge on any atom is 0.227 e. The lowest BCUT2D eigenvalue weighted by molar-refractivity contribution is -0.138. The first kappa shape index (κ1) is 19.3. The summed E-state index contributed by atoms with van der Waals surface area (Å²) < 4.78 is 25.0. The van der Waals surface area contributed by atoms with Crippen molar-refractivity contribution in [3.63, 3.8) is 0 Å². The van der Waals surface area contributed by atoms with Gasteiger partial charge in [-0.2, -0.15) is 0 Å². The number of benzene rings is 1. The second kappa shape index (κ2) is 8.06. The topological polar surface area (TPSA) is 60.9 Å². The number of sulfonamides is 1. The van der Waals surface area contributed by atoms with Crippen LogP contribution >= 0.6 is 0 Å². The van der Waals surface area contributed by atoms with Crippen molar-refractivity contribution in [1.82, 2.24) is 14.1 Å². The molecule has 1 unspecified atom stereocenters. The first-order valence-electron chi connectivity index (χ1n) is 9.35. The maximum atomic E-state index is 12.8. The van der Waals surface area contributed by atoms with E-state index in [1.165, 1.54) is 21.7 Å². The van der Waals surface area contributed by atoms with Gasteiger partial charge in [0.1, 0.15) is 0 Å². The molecule has 0 N–H and O–H groups in total. The minimum atomic E-state index is -3.22. The van der Waals surface area contributed by atoms with Crippen LogP contribution in [0.15, 0.2) is 24.3 Å². The standard InChI is InChI=1S/C19H29N3O3S/c1-16-5-7-17(8-6-16)14-20-10-12-21(13-11-20)19(23)18-4-3-9-22(15-18)26(2,24)25/h5-8,18H,3-4,9-15H2,1-2H3. The molecule has 0 aliphatic carbocycles. The van der Waals surface area contributed by atoms with Crippen LogP contribution in [-0.2, 0) is 21.4 Å². The lowest BCUT2D eigenvalue weighted by atomic mass is 9.97. The Morgan fingerprint density at radius 1 is 1.08 bits per heavy atom. The van der Waals surface area contributed by atoms with E-state index in [0.717, 1.165) is 45.6 Å². The molecular weight excluding hydrogens is 350 g/mol. The van der Waals surface area contributed by atoms with Gasteiger partial charge in [-0.25, -0.2) is 12.7 Å². The molecule has 0 aromatic heterocycles. The van der Waals surface area contributed by atoms with Gasteiger partial charge in [0.2, 0.25) is 15.9 Å². The Balaban J connectivity index is 1.51. The third-order valence-electron chi connectivity index (χ3n) is 5.41. The molecule has 1 atom stereocenters. The first-order valence-corrected chi connectivity index (χ1v) is 11.2. The summed E-state index contributed by atoms with van der Waals surface area (Å²) in [5, 5.41) is 0. The van der Waals surface area contributed by atoms with Crippen LogP contribution in [0, 0.1) is 12.8 Å². The van der Waals surface area contributed by atoms with E-state index in [1.807, 2.05) is 4.90 Å². The summed E-state index contributed by atoms with van der Waals surface area (Å²) in [4.78, 5) is 17.1. The van der Waals surface area contributed by atoms with Crippen molar-refractivity contribution in [2.75, 3.05) is 45.5 Å². The summed E-state index contributed by atoms with van der Waals surface area (Å²) in [5.74, 6) is -0.0736. The Morgan fingerprint density at radius 3 is 2.35 bits per heavy atom. The first-order chi connectivity index (χ1) is 12.3. The Kier molecular flexibility index (Phi) is 5.99. The second-order valence-corrected chi connectivity index (χ2v) is 9.53. The van der Waals surface area contributed by atoms with Gasteiger partial charge in [0.05, 0.1) is 12.2 Å². The number of carbonyl (C=O) groups is 1. The van der Waals surface area contributed by atoms with Crippen molar-refractivity contribution in [2.24, 2.45) is 5.92 Å². The minimum Gasteiger partial charge on any atom is -0.340 e. The highest BCUT2D eigenvalue weighted by molar-refractivity contribution is 7.88. The van der Waals surface area contributed by atoms with Gasteiger partial charge in [-0.15, -0.1) is 0 Å². The summed E-state index contributed by atoms with van der Waals surface area (Å²) in [6.07, 6.45) is 2.77. The summed E-state index contributed by atoms with van der Waals surface area (Å²) in [6.45, 7) is 7.04. The highest BCUT2D eigenvalue weighted by Crippen LogP contribution is 2.21. The van der Waals surface area contributed by atoms with Crippen LogP contribution in [0.5, 0.6) is 0 Å². The number of nitrogens with zero attached hydrogens (tertiary/aromatic N) is 3. The number of carbonyl (C=O) groups excluding carboxylic acids is 1. The van der Waals surface area contributed by atoms with Crippen LogP contribution in [-0.4, -0.2) is 74.0 Å². The number of piperazine rings is 1. The number of rotatable bonds is 4. The fraction of sp³-hybridized carbons (Fsp3) is 0.632. The van der Waals surface area contributed by atoms with Crippen LogP contribution in [0.1, 0.15) is 24.0 Å². The molecule has 0 bridgehead atoms. The fourth-order valence-corrected chi connectivity index (χ4v) is 4.69. The summed E-state index contributed by atoms with van der Waals surface area (Å²) in [6, 6.07) is 8.58. The Labute approximate surface area is 156 Å². The van der Waals surface area contributed by atoms with Gasteiger partial charge >= 0.3 is 0 Å². The molecule has 1 aromatic carbocycles. The van der Waals surface area contributed by atoms with E-state index in [1.54, 1.807) is 0 Å². The molecular formula is C19H29N3O3S. The zero-order valence-corrected chi connectivity index (χ0v) is 16.5. The van der Waals surface area contributed by atoms with Gasteiger partial charge in [0.15, 0.2) is 0 Å². The third-order valence-corrected chi connectivity index (χ3v) is 6.68. The summed E-state index contributed by atoms with van der Waals surface area (Å²) in [7, 11) is -3.22. The zero-order valence-electron chi connectivity index (χ0n) is 15.7. The molecule has 2 fully saturated rings. The molecule has 2 heterocycles. The Hall–Kier alpha value is -1.44. The van der Waals surface area contributed by atoms with Crippen LogP contribution in [0.4, 0.5) is 0 Å². The van der Waals surface area contributed by atoms with Crippen molar-refractivity contribution in [1.29, 1.82) is 0 Å². The minimum absolute atomic E-state index is 0.119. The van der Waals surface area contributed by atoms with E-state index in [2.05, 4.69) is 36.1 Å². The van der Waals surface area contributed by atoms with Crippen molar-refractivity contribution in [3.05, 3.63) is 35.4 Å². The quantitative estimate of drug-likeness (QED) is 0.791. The number of hydrogen-bond acceptors (Lipinski definition) is 4. The lowest BCUT2D eigenvalue weighted by Crippen LogP contribution is -2.52. The fourth-order valence-electron chi connectivity index (χ4n) is 3.78. The van der Waals surface area contributed by atoms with E-state index in [-0.39, 0.29) is 11.8 Å². The smallest absolute Gasteiger partial charge is 0.227 e. The third kappa shape index (κ3) is 4.84. The molecule has 1 amide bonds.